The van der Waals surface area contributed by atoms with E-state index in [1.807, 2.05) is 12.1 Å². The second-order valence-electron chi connectivity index (χ2n) is 5.37. The normalized spacial score (nSPS) is 17.1. The van der Waals surface area contributed by atoms with Crippen LogP contribution in [0, 0.1) is 5.82 Å². The SMILES string of the molecule is O=C(CN1C(=O)CSC1c1ccc(F)cc1)NCc1ccncc1. The Balaban J connectivity index is 1.62. The van der Waals surface area contributed by atoms with Crippen LogP contribution in [0.15, 0.2) is 48.8 Å². The quantitative estimate of drug-likeness (QED) is 0.902. The maximum absolute atomic E-state index is 13.1. The third-order valence-electron chi connectivity index (χ3n) is 3.68. The van der Waals surface area contributed by atoms with E-state index in [1.165, 1.54) is 28.8 Å². The Labute approximate surface area is 143 Å². The molecule has 7 heteroatoms. The molecule has 1 aromatic carbocycles. The number of hydrogen-bond donors (Lipinski definition) is 1. The van der Waals surface area contributed by atoms with Gasteiger partial charge < -0.3 is 10.2 Å². The highest BCUT2D eigenvalue weighted by Crippen LogP contribution is 2.38. The number of aromatic nitrogens is 1. The Morgan fingerprint density at radius 1 is 1.25 bits per heavy atom. The third kappa shape index (κ3) is 3.91. The molecule has 1 fully saturated rings. The third-order valence-corrected chi connectivity index (χ3v) is 4.93. The number of hydrogen-bond acceptors (Lipinski definition) is 4. The Morgan fingerprint density at radius 3 is 2.67 bits per heavy atom. The number of pyridine rings is 1. The van der Waals surface area contributed by atoms with E-state index in [0.717, 1.165) is 11.1 Å². The molecule has 1 aliphatic rings. The fraction of sp³-hybridized carbons (Fsp3) is 0.235. The van der Waals surface area contributed by atoms with Crippen molar-refractivity contribution in [1.82, 2.24) is 15.2 Å². The number of nitrogens with one attached hydrogen (secondary N) is 1. The Bertz CT molecular complexity index is 724. The molecule has 0 aliphatic carbocycles. The first kappa shape index (κ1) is 16.4. The van der Waals surface area contributed by atoms with Crippen molar-refractivity contribution >= 4 is 23.6 Å². The topological polar surface area (TPSA) is 62.3 Å². The van der Waals surface area contributed by atoms with Gasteiger partial charge >= 0.3 is 0 Å². The minimum Gasteiger partial charge on any atom is -0.350 e. The average Bonchev–Trinajstić information content (AvgIpc) is 2.95. The first-order valence-corrected chi connectivity index (χ1v) is 8.50. The highest BCUT2D eigenvalue weighted by Gasteiger charge is 2.33. The van der Waals surface area contributed by atoms with Crippen molar-refractivity contribution in [3.63, 3.8) is 0 Å². The molecule has 0 bridgehead atoms. The standard InChI is InChI=1S/C17H16FN3O2S/c18-14-3-1-13(2-4-14)17-21(16(23)11-24-17)10-15(22)20-9-12-5-7-19-8-6-12/h1-8,17H,9-11H2,(H,20,22). The lowest BCUT2D eigenvalue weighted by atomic mass is 10.2. The van der Waals surface area contributed by atoms with Gasteiger partial charge in [0.1, 0.15) is 17.7 Å². The zero-order valence-electron chi connectivity index (χ0n) is 12.8. The lowest BCUT2D eigenvalue weighted by molar-refractivity contribution is -0.133. The molecular weight excluding hydrogens is 329 g/mol. The lowest BCUT2D eigenvalue weighted by Crippen LogP contribution is -2.39. The van der Waals surface area contributed by atoms with Crippen molar-refractivity contribution in [2.24, 2.45) is 0 Å². The zero-order chi connectivity index (χ0) is 16.9. The smallest absolute Gasteiger partial charge is 0.239 e. The van der Waals surface area contributed by atoms with E-state index in [9.17, 15) is 14.0 Å². The van der Waals surface area contributed by atoms with E-state index in [-0.39, 0.29) is 29.6 Å². The monoisotopic (exact) mass is 345 g/mol. The number of benzene rings is 1. The van der Waals surface area contributed by atoms with Crippen LogP contribution in [0.3, 0.4) is 0 Å². The molecule has 2 aromatic rings. The van der Waals surface area contributed by atoms with E-state index in [4.69, 9.17) is 0 Å². The van der Waals surface area contributed by atoms with Crippen molar-refractivity contribution in [3.05, 3.63) is 65.7 Å². The van der Waals surface area contributed by atoms with Gasteiger partial charge in [0.05, 0.1) is 5.75 Å². The molecule has 0 radical (unpaired) electrons. The van der Waals surface area contributed by atoms with Crippen molar-refractivity contribution in [1.29, 1.82) is 0 Å². The van der Waals surface area contributed by atoms with Gasteiger partial charge in [-0.25, -0.2) is 4.39 Å². The minimum absolute atomic E-state index is 0.0149. The molecule has 0 saturated carbocycles. The number of carbonyl (C=O) groups is 2. The second-order valence-corrected chi connectivity index (χ2v) is 6.44. The molecule has 2 amide bonds. The van der Waals surface area contributed by atoms with E-state index in [0.29, 0.717) is 12.3 Å². The van der Waals surface area contributed by atoms with Crippen molar-refractivity contribution in [2.45, 2.75) is 11.9 Å². The number of halogens is 1. The molecule has 5 nitrogen and oxygen atoms in total. The fourth-order valence-electron chi connectivity index (χ4n) is 2.44. The van der Waals surface area contributed by atoms with Crippen molar-refractivity contribution < 1.29 is 14.0 Å². The number of amides is 2. The van der Waals surface area contributed by atoms with Gasteiger partial charge in [0, 0.05) is 18.9 Å². The summed E-state index contributed by atoms with van der Waals surface area (Å²) in [6.07, 6.45) is 3.32. The number of carbonyl (C=O) groups excluding carboxylic acids is 2. The zero-order valence-corrected chi connectivity index (χ0v) is 13.6. The highest BCUT2D eigenvalue weighted by atomic mass is 32.2. The first-order chi connectivity index (χ1) is 11.6. The van der Waals surface area contributed by atoms with Crippen LogP contribution in [0.1, 0.15) is 16.5 Å². The summed E-state index contributed by atoms with van der Waals surface area (Å²) in [7, 11) is 0. The van der Waals surface area contributed by atoms with E-state index in [1.54, 1.807) is 24.5 Å². The molecular formula is C17H16FN3O2S. The van der Waals surface area contributed by atoms with Crippen LogP contribution < -0.4 is 5.32 Å². The van der Waals surface area contributed by atoms with Gasteiger partial charge in [-0.15, -0.1) is 11.8 Å². The van der Waals surface area contributed by atoms with E-state index >= 15 is 0 Å². The molecule has 124 valence electrons. The van der Waals surface area contributed by atoms with E-state index in [2.05, 4.69) is 10.3 Å². The molecule has 1 N–H and O–H groups in total. The van der Waals surface area contributed by atoms with Crippen molar-refractivity contribution in [2.75, 3.05) is 12.3 Å². The van der Waals surface area contributed by atoms with Crippen LogP contribution in [0.5, 0.6) is 0 Å². The van der Waals surface area contributed by atoms with Gasteiger partial charge in [0.2, 0.25) is 11.8 Å². The van der Waals surface area contributed by atoms with Crippen LogP contribution in [0.4, 0.5) is 4.39 Å². The van der Waals surface area contributed by atoms with Crippen molar-refractivity contribution in [3.8, 4) is 0 Å². The van der Waals surface area contributed by atoms with Crippen LogP contribution in [0.25, 0.3) is 0 Å². The van der Waals surface area contributed by atoms with Crippen LogP contribution in [0.2, 0.25) is 0 Å². The molecule has 1 aliphatic heterocycles. The molecule has 3 rings (SSSR count). The summed E-state index contributed by atoms with van der Waals surface area (Å²) in [5.74, 6) is -0.322. The molecule has 1 aromatic heterocycles. The summed E-state index contributed by atoms with van der Waals surface area (Å²) < 4.78 is 13.1. The lowest BCUT2D eigenvalue weighted by Gasteiger charge is -2.23. The summed E-state index contributed by atoms with van der Waals surface area (Å²) >= 11 is 1.44. The summed E-state index contributed by atoms with van der Waals surface area (Å²) in [6.45, 7) is 0.372. The Hall–Kier alpha value is -2.41. The minimum atomic E-state index is -0.324. The highest BCUT2D eigenvalue weighted by molar-refractivity contribution is 8.00. The molecule has 1 unspecified atom stereocenters. The van der Waals surface area contributed by atoms with Crippen LogP contribution in [-0.2, 0) is 16.1 Å². The fourth-order valence-corrected chi connectivity index (χ4v) is 3.63. The largest absolute Gasteiger partial charge is 0.350 e. The molecule has 0 spiro atoms. The first-order valence-electron chi connectivity index (χ1n) is 7.45. The van der Waals surface area contributed by atoms with Gasteiger partial charge in [0.15, 0.2) is 0 Å². The van der Waals surface area contributed by atoms with Crippen LogP contribution in [-0.4, -0.2) is 34.0 Å². The van der Waals surface area contributed by atoms with Crippen LogP contribution >= 0.6 is 11.8 Å². The second kappa shape index (κ2) is 7.44. The number of nitrogens with zero attached hydrogens (tertiary/aromatic N) is 2. The maximum Gasteiger partial charge on any atom is 0.239 e. The molecule has 1 atom stereocenters. The predicted octanol–water partition coefficient (Wildman–Crippen LogP) is 2.11. The molecule has 2 heterocycles. The van der Waals surface area contributed by atoms with E-state index < -0.39 is 0 Å². The van der Waals surface area contributed by atoms with Gasteiger partial charge in [-0.1, -0.05) is 12.1 Å². The van der Waals surface area contributed by atoms with Gasteiger partial charge in [-0.05, 0) is 35.4 Å². The summed E-state index contributed by atoms with van der Waals surface area (Å²) in [5, 5.41) is 2.54. The Kier molecular flexibility index (Phi) is 5.10. The van der Waals surface area contributed by atoms with Gasteiger partial charge in [-0.2, -0.15) is 0 Å². The van der Waals surface area contributed by atoms with Gasteiger partial charge in [-0.3, -0.25) is 14.6 Å². The maximum atomic E-state index is 13.1. The number of rotatable bonds is 5. The predicted molar refractivity (Wildman–Crippen MR) is 89.4 cm³/mol. The molecule has 1 saturated heterocycles. The summed E-state index contributed by atoms with van der Waals surface area (Å²) in [6, 6.07) is 9.65. The molecule has 24 heavy (non-hydrogen) atoms. The summed E-state index contributed by atoms with van der Waals surface area (Å²) in [4.78, 5) is 29.7. The average molecular weight is 345 g/mol. The Morgan fingerprint density at radius 2 is 1.96 bits per heavy atom. The van der Waals surface area contributed by atoms with Gasteiger partial charge in [0.25, 0.3) is 0 Å². The summed E-state index contributed by atoms with van der Waals surface area (Å²) in [5.41, 5.74) is 1.75. The number of thioether (sulfide) groups is 1.